The van der Waals surface area contributed by atoms with Crippen LogP contribution in [0.4, 0.5) is 5.69 Å². The van der Waals surface area contributed by atoms with Crippen LogP contribution in [0.25, 0.3) is 0 Å². The highest BCUT2D eigenvalue weighted by molar-refractivity contribution is 7.80. The summed E-state index contributed by atoms with van der Waals surface area (Å²) in [6, 6.07) is 17.3. The smallest absolute Gasteiger partial charge is 0.305 e. The van der Waals surface area contributed by atoms with Gasteiger partial charge in [0.25, 0.3) is 0 Å². The van der Waals surface area contributed by atoms with Gasteiger partial charge < -0.3 is 20.3 Å². The third kappa shape index (κ3) is 10.7. The number of carbonyl (C=O) groups excluding carboxylic acids is 3. The van der Waals surface area contributed by atoms with E-state index >= 15 is 0 Å². The zero-order valence-corrected chi connectivity index (χ0v) is 20.0. The van der Waals surface area contributed by atoms with Crippen molar-refractivity contribution in [2.45, 2.75) is 38.5 Å². The molecular formula is C25H31N3O4S. The van der Waals surface area contributed by atoms with Gasteiger partial charge in [-0.05, 0) is 54.7 Å². The summed E-state index contributed by atoms with van der Waals surface area (Å²) in [7, 11) is 3.44. The number of anilines is 1. The third-order valence-corrected chi connectivity index (χ3v) is 5.02. The largest absolute Gasteiger partial charge is 0.466 e. The SMILES string of the molecule is CN(C)C(=O)Cc1ccc(NC(=S)NC(=O)CCCC(=O)OCCCc2ccccc2)cc1. The number of nitrogens with zero attached hydrogens (tertiary/aromatic N) is 1. The first kappa shape index (κ1) is 26.0. The van der Waals surface area contributed by atoms with E-state index < -0.39 is 0 Å². The van der Waals surface area contributed by atoms with Crippen LogP contribution in [0.15, 0.2) is 54.6 Å². The molecule has 0 bridgehead atoms. The molecular weight excluding hydrogens is 438 g/mol. The topological polar surface area (TPSA) is 87.7 Å². The molecule has 0 unspecified atom stereocenters. The van der Waals surface area contributed by atoms with E-state index in [1.165, 1.54) is 5.56 Å². The molecule has 0 aliphatic rings. The maximum Gasteiger partial charge on any atom is 0.305 e. The molecule has 0 spiro atoms. The van der Waals surface area contributed by atoms with Crippen LogP contribution in [0.5, 0.6) is 0 Å². The highest BCUT2D eigenvalue weighted by Gasteiger charge is 2.09. The average Bonchev–Trinajstić information content (AvgIpc) is 2.78. The second-order valence-electron chi connectivity index (χ2n) is 7.83. The summed E-state index contributed by atoms with van der Waals surface area (Å²) in [6.07, 6.45) is 2.70. The number of likely N-dealkylation sites (N-methyl/N-ethyl adjacent to an activating group) is 1. The number of aryl methyl sites for hydroxylation is 1. The van der Waals surface area contributed by atoms with Gasteiger partial charge in [0.15, 0.2) is 5.11 Å². The van der Waals surface area contributed by atoms with Crippen LogP contribution in [0.2, 0.25) is 0 Å². The summed E-state index contributed by atoms with van der Waals surface area (Å²) in [5.41, 5.74) is 2.81. The van der Waals surface area contributed by atoms with Crippen LogP contribution in [0, 0.1) is 0 Å². The fraction of sp³-hybridized carbons (Fsp3) is 0.360. The van der Waals surface area contributed by atoms with Gasteiger partial charge >= 0.3 is 5.97 Å². The lowest BCUT2D eigenvalue weighted by Crippen LogP contribution is -2.34. The number of ether oxygens (including phenoxy) is 1. The lowest BCUT2D eigenvalue weighted by Gasteiger charge is -2.12. The average molecular weight is 470 g/mol. The fourth-order valence-corrected chi connectivity index (χ4v) is 3.19. The standard InChI is InChI=1S/C25H31N3O4S/c1-28(2)23(30)18-20-13-15-21(16-14-20)26-25(33)27-22(29)11-6-12-24(31)32-17-7-10-19-8-4-3-5-9-19/h3-5,8-9,13-16H,6-7,10-12,17-18H2,1-2H3,(H2,26,27,29,33). The van der Waals surface area contributed by atoms with Crippen molar-refractivity contribution in [2.24, 2.45) is 0 Å². The van der Waals surface area contributed by atoms with Crippen LogP contribution >= 0.6 is 12.2 Å². The van der Waals surface area contributed by atoms with Crippen LogP contribution < -0.4 is 10.6 Å². The minimum absolute atomic E-state index is 0.0227. The van der Waals surface area contributed by atoms with Crippen molar-refractivity contribution in [2.75, 3.05) is 26.0 Å². The molecule has 0 atom stereocenters. The Morgan fingerprint density at radius 3 is 2.27 bits per heavy atom. The first-order valence-electron chi connectivity index (χ1n) is 10.9. The number of esters is 1. The van der Waals surface area contributed by atoms with Gasteiger partial charge in [-0.2, -0.15) is 0 Å². The number of benzene rings is 2. The Balaban J connectivity index is 1.58. The number of thiocarbonyl (C=S) groups is 1. The number of nitrogens with one attached hydrogen (secondary N) is 2. The molecule has 0 aliphatic heterocycles. The minimum atomic E-state index is -0.301. The fourth-order valence-electron chi connectivity index (χ4n) is 2.96. The Hall–Kier alpha value is -3.26. The molecule has 0 aromatic heterocycles. The Morgan fingerprint density at radius 2 is 1.61 bits per heavy atom. The number of hydrogen-bond acceptors (Lipinski definition) is 5. The molecule has 0 fully saturated rings. The zero-order chi connectivity index (χ0) is 24.1. The quantitative estimate of drug-likeness (QED) is 0.298. The van der Waals surface area contributed by atoms with Gasteiger partial charge in [-0.25, -0.2) is 0 Å². The van der Waals surface area contributed by atoms with E-state index in [0.717, 1.165) is 18.4 Å². The summed E-state index contributed by atoms with van der Waals surface area (Å²) in [5, 5.41) is 5.72. The number of rotatable bonds is 11. The van der Waals surface area contributed by atoms with E-state index in [-0.39, 0.29) is 35.7 Å². The van der Waals surface area contributed by atoms with Crippen LogP contribution in [0.1, 0.15) is 36.8 Å². The first-order chi connectivity index (χ1) is 15.8. The normalized spacial score (nSPS) is 10.2. The molecule has 0 heterocycles. The number of amides is 2. The van der Waals surface area contributed by atoms with Crippen LogP contribution in [-0.2, 0) is 32.0 Å². The second-order valence-corrected chi connectivity index (χ2v) is 8.24. The van der Waals surface area contributed by atoms with E-state index in [9.17, 15) is 14.4 Å². The van der Waals surface area contributed by atoms with Gasteiger partial charge in [0, 0.05) is 32.6 Å². The predicted molar refractivity (Wildman–Crippen MR) is 133 cm³/mol. The molecule has 0 saturated heterocycles. The Kier molecular flexibility index (Phi) is 11.0. The molecule has 33 heavy (non-hydrogen) atoms. The molecule has 2 amide bonds. The minimum Gasteiger partial charge on any atom is -0.466 e. The Labute approximate surface area is 200 Å². The molecule has 0 saturated carbocycles. The molecule has 2 aromatic carbocycles. The van der Waals surface area contributed by atoms with Crippen molar-refractivity contribution in [3.63, 3.8) is 0 Å². The lowest BCUT2D eigenvalue weighted by atomic mass is 10.1. The Morgan fingerprint density at radius 1 is 0.909 bits per heavy atom. The highest BCUT2D eigenvalue weighted by atomic mass is 32.1. The summed E-state index contributed by atoms with van der Waals surface area (Å²) < 4.78 is 5.22. The van der Waals surface area contributed by atoms with Crippen molar-refractivity contribution < 1.29 is 19.1 Å². The summed E-state index contributed by atoms with van der Waals surface area (Å²) in [4.78, 5) is 37.2. The van der Waals surface area contributed by atoms with E-state index in [4.69, 9.17) is 17.0 Å². The zero-order valence-electron chi connectivity index (χ0n) is 19.1. The second kappa shape index (κ2) is 14.0. The molecule has 176 valence electrons. The maximum atomic E-state index is 12.0. The molecule has 0 radical (unpaired) electrons. The van der Waals surface area contributed by atoms with Crippen LogP contribution in [0.3, 0.4) is 0 Å². The summed E-state index contributed by atoms with van der Waals surface area (Å²) in [6.45, 7) is 0.371. The molecule has 2 rings (SSSR count). The molecule has 2 aromatic rings. The highest BCUT2D eigenvalue weighted by Crippen LogP contribution is 2.11. The number of carbonyl (C=O) groups is 3. The number of hydrogen-bond donors (Lipinski definition) is 2. The van der Waals surface area contributed by atoms with E-state index in [2.05, 4.69) is 10.6 Å². The molecule has 2 N–H and O–H groups in total. The van der Waals surface area contributed by atoms with Crippen molar-refractivity contribution in [3.05, 3.63) is 65.7 Å². The summed E-state index contributed by atoms with van der Waals surface area (Å²) in [5.74, 6) is -0.545. The van der Waals surface area contributed by atoms with E-state index in [1.54, 1.807) is 31.1 Å². The van der Waals surface area contributed by atoms with E-state index in [1.807, 2.05) is 42.5 Å². The van der Waals surface area contributed by atoms with Crippen molar-refractivity contribution in [1.29, 1.82) is 0 Å². The Bertz CT molecular complexity index is 930. The van der Waals surface area contributed by atoms with E-state index in [0.29, 0.717) is 25.1 Å². The van der Waals surface area contributed by atoms with Crippen molar-refractivity contribution in [1.82, 2.24) is 10.2 Å². The van der Waals surface area contributed by atoms with Gasteiger partial charge in [0.05, 0.1) is 13.0 Å². The molecule has 7 nitrogen and oxygen atoms in total. The van der Waals surface area contributed by atoms with Gasteiger partial charge in [-0.15, -0.1) is 0 Å². The third-order valence-electron chi connectivity index (χ3n) is 4.82. The van der Waals surface area contributed by atoms with Gasteiger partial charge in [-0.1, -0.05) is 42.5 Å². The first-order valence-corrected chi connectivity index (χ1v) is 11.3. The molecule has 8 heteroatoms. The predicted octanol–water partition coefficient (Wildman–Crippen LogP) is 3.48. The van der Waals surface area contributed by atoms with Gasteiger partial charge in [0.2, 0.25) is 11.8 Å². The van der Waals surface area contributed by atoms with Gasteiger partial charge in [0.1, 0.15) is 0 Å². The lowest BCUT2D eigenvalue weighted by molar-refractivity contribution is -0.143. The van der Waals surface area contributed by atoms with Gasteiger partial charge in [-0.3, -0.25) is 14.4 Å². The van der Waals surface area contributed by atoms with Crippen LogP contribution in [-0.4, -0.2) is 48.5 Å². The molecule has 0 aliphatic carbocycles. The maximum absolute atomic E-state index is 12.0. The van der Waals surface area contributed by atoms with Crippen molar-refractivity contribution in [3.8, 4) is 0 Å². The monoisotopic (exact) mass is 469 g/mol. The van der Waals surface area contributed by atoms with Crippen molar-refractivity contribution >= 4 is 40.8 Å². The summed E-state index contributed by atoms with van der Waals surface area (Å²) >= 11 is 5.17.